The maximum Gasteiger partial charge on any atom is 0.419 e. The summed E-state index contributed by atoms with van der Waals surface area (Å²) in [6, 6.07) is 4.26. The zero-order chi connectivity index (χ0) is 23.4. The van der Waals surface area contributed by atoms with Crippen molar-refractivity contribution in [2.45, 2.75) is 45.5 Å². The molecule has 1 aliphatic heterocycles. The van der Waals surface area contributed by atoms with Gasteiger partial charge in [-0.2, -0.15) is 18.3 Å². The maximum absolute atomic E-state index is 14.6. The van der Waals surface area contributed by atoms with Crippen molar-refractivity contribution in [2.75, 3.05) is 23.3 Å². The largest absolute Gasteiger partial charge is 0.419 e. The number of hydrogen-bond acceptors (Lipinski definition) is 6. The van der Waals surface area contributed by atoms with E-state index in [4.69, 9.17) is 0 Å². The Morgan fingerprint density at radius 3 is 2.47 bits per heavy atom. The summed E-state index contributed by atoms with van der Waals surface area (Å²) in [5, 5.41) is 22.0. The first kappa shape index (κ1) is 22.2. The van der Waals surface area contributed by atoms with Crippen LogP contribution in [-0.4, -0.2) is 39.0 Å². The highest BCUT2D eigenvalue weighted by atomic mass is 19.4. The van der Waals surface area contributed by atoms with Crippen molar-refractivity contribution >= 4 is 22.4 Å². The number of anilines is 2. The molecule has 3 heterocycles. The molecule has 10 heteroatoms. The van der Waals surface area contributed by atoms with Gasteiger partial charge in [0.25, 0.3) is 0 Å². The minimum Gasteiger partial charge on any atom is -0.386 e. The number of hydrogen-bond donors (Lipinski definition) is 2. The molecule has 6 nitrogen and oxygen atoms in total. The Morgan fingerprint density at radius 1 is 1.16 bits per heavy atom. The number of rotatable bonds is 4. The van der Waals surface area contributed by atoms with E-state index >= 15 is 0 Å². The fourth-order valence-electron chi connectivity index (χ4n) is 4.04. The second kappa shape index (κ2) is 7.54. The van der Waals surface area contributed by atoms with E-state index in [-0.39, 0.29) is 11.4 Å². The summed E-state index contributed by atoms with van der Waals surface area (Å²) in [5.41, 5.74) is 0.540. The Morgan fingerprint density at radius 2 is 1.84 bits per heavy atom. The molecule has 3 aromatic rings. The van der Waals surface area contributed by atoms with E-state index in [1.54, 1.807) is 20.8 Å². The van der Waals surface area contributed by atoms with Crippen LogP contribution in [0.1, 0.15) is 42.4 Å². The van der Waals surface area contributed by atoms with Crippen LogP contribution in [0.2, 0.25) is 0 Å². The van der Waals surface area contributed by atoms with Crippen LogP contribution in [0.15, 0.2) is 24.3 Å². The standard InChI is InChI=1S/C22H23F4N5O/c1-11(14-6-5-7-16(18(14)23)22(24,25)26)28-20-15-8-17(31-9-21(4,32)10-31)12(2)27-19(15)13(3)29-30-20/h5-8,11,32H,9-10H2,1-4H3,(H,28,30)/t11-/m1/s1. The number of β-amino-alcohol motifs (C(OH)–C–C–N with tert-alkyl or cyclic N) is 1. The fourth-order valence-corrected chi connectivity index (χ4v) is 4.04. The summed E-state index contributed by atoms with van der Waals surface area (Å²) >= 11 is 0. The van der Waals surface area contributed by atoms with Crippen molar-refractivity contribution in [3.05, 3.63) is 52.6 Å². The number of aromatic nitrogens is 3. The third-order valence-corrected chi connectivity index (χ3v) is 5.64. The summed E-state index contributed by atoms with van der Waals surface area (Å²) in [6.45, 7) is 7.83. The van der Waals surface area contributed by atoms with Crippen LogP contribution >= 0.6 is 0 Å². The van der Waals surface area contributed by atoms with Crippen LogP contribution in [-0.2, 0) is 6.18 Å². The quantitative estimate of drug-likeness (QED) is 0.570. The highest BCUT2D eigenvalue weighted by molar-refractivity contribution is 5.93. The molecule has 0 spiro atoms. The van der Waals surface area contributed by atoms with Crippen molar-refractivity contribution in [1.29, 1.82) is 0 Å². The van der Waals surface area contributed by atoms with Crippen molar-refractivity contribution in [3.63, 3.8) is 0 Å². The van der Waals surface area contributed by atoms with E-state index in [2.05, 4.69) is 20.5 Å². The lowest BCUT2D eigenvalue weighted by Crippen LogP contribution is -2.60. The van der Waals surface area contributed by atoms with Crippen LogP contribution in [0.5, 0.6) is 0 Å². The topological polar surface area (TPSA) is 74.2 Å². The maximum atomic E-state index is 14.6. The summed E-state index contributed by atoms with van der Waals surface area (Å²) in [5.74, 6) is -1.03. The number of halogens is 4. The average Bonchev–Trinajstić information content (AvgIpc) is 2.67. The molecule has 0 bridgehead atoms. The molecule has 1 saturated heterocycles. The third-order valence-electron chi connectivity index (χ3n) is 5.64. The van der Waals surface area contributed by atoms with Crippen molar-refractivity contribution in [3.8, 4) is 0 Å². The number of aryl methyl sites for hydroxylation is 2. The van der Waals surface area contributed by atoms with Crippen LogP contribution < -0.4 is 10.2 Å². The number of alkyl halides is 3. The molecular weight excluding hydrogens is 426 g/mol. The van der Waals surface area contributed by atoms with Gasteiger partial charge in [-0.1, -0.05) is 12.1 Å². The lowest BCUT2D eigenvalue weighted by Gasteiger charge is -2.46. The first-order valence-corrected chi connectivity index (χ1v) is 10.1. The zero-order valence-corrected chi connectivity index (χ0v) is 18.0. The molecule has 2 N–H and O–H groups in total. The molecule has 1 atom stereocenters. The van der Waals surface area contributed by atoms with Gasteiger partial charge in [-0.25, -0.2) is 9.37 Å². The highest BCUT2D eigenvalue weighted by Crippen LogP contribution is 2.36. The van der Waals surface area contributed by atoms with Gasteiger partial charge >= 0.3 is 6.18 Å². The molecule has 2 aromatic heterocycles. The van der Waals surface area contributed by atoms with Crippen molar-refractivity contribution < 1.29 is 22.7 Å². The van der Waals surface area contributed by atoms with Crippen LogP contribution in [0, 0.1) is 19.7 Å². The molecular formula is C22H23F4N5O. The molecule has 0 radical (unpaired) electrons. The Bertz CT molecular complexity index is 1190. The molecule has 0 unspecified atom stereocenters. The van der Waals surface area contributed by atoms with E-state index in [0.29, 0.717) is 35.8 Å². The smallest absolute Gasteiger partial charge is 0.386 e. The van der Waals surface area contributed by atoms with Gasteiger partial charge in [-0.05, 0) is 39.8 Å². The number of benzene rings is 1. The van der Waals surface area contributed by atoms with Gasteiger partial charge in [0.1, 0.15) is 5.82 Å². The number of pyridine rings is 1. The van der Waals surface area contributed by atoms with Gasteiger partial charge in [0, 0.05) is 24.0 Å². The lowest BCUT2D eigenvalue weighted by atomic mass is 9.95. The van der Waals surface area contributed by atoms with Gasteiger partial charge in [-0.3, -0.25) is 0 Å². The average molecular weight is 449 g/mol. The number of nitrogens with one attached hydrogen (secondary N) is 1. The Balaban J connectivity index is 1.73. The minimum absolute atomic E-state index is 0.130. The monoisotopic (exact) mass is 449 g/mol. The number of nitrogens with zero attached hydrogens (tertiary/aromatic N) is 4. The molecule has 0 aliphatic carbocycles. The molecule has 32 heavy (non-hydrogen) atoms. The second-order valence-electron chi connectivity index (χ2n) is 8.55. The SMILES string of the molecule is Cc1nc2c(C)nnc(N[C@H](C)c3cccc(C(F)(F)F)c3F)c2cc1N1CC(C)(O)C1. The molecule has 1 aromatic carbocycles. The molecule has 1 aliphatic rings. The van der Waals surface area contributed by atoms with Gasteiger partial charge in [0.15, 0.2) is 5.82 Å². The van der Waals surface area contributed by atoms with Gasteiger partial charge in [-0.15, -0.1) is 5.10 Å². The molecule has 0 saturated carbocycles. The normalized spacial score (nSPS) is 16.7. The van der Waals surface area contributed by atoms with E-state index in [9.17, 15) is 22.7 Å². The van der Waals surface area contributed by atoms with Crippen molar-refractivity contribution in [1.82, 2.24) is 15.2 Å². The molecule has 0 amide bonds. The summed E-state index contributed by atoms with van der Waals surface area (Å²) in [7, 11) is 0. The third kappa shape index (κ3) is 3.94. The Kier molecular flexibility index (Phi) is 5.23. The number of aliphatic hydroxyl groups is 1. The molecule has 1 fully saturated rings. The highest BCUT2D eigenvalue weighted by Gasteiger charge is 2.38. The summed E-state index contributed by atoms with van der Waals surface area (Å²) in [4.78, 5) is 6.63. The first-order valence-electron chi connectivity index (χ1n) is 10.1. The zero-order valence-electron chi connectivity index (χ0n) is 18.0. The van der Waals surface area contributed by atoms with Crippen LogP contribution in [0.3, 0.4) is 0 Å². The van der Waals surface area contributed by atoms with Crippen LogP contribution in [0.25, 0.3) is 10.9 Å². The van der Waals surface area contributed by atoms with Gasteiger partial charge in [0.2, 0.25) is 0 Å². The predicted molar refractivity (Wildman–Crippen MR) is 113 cm³/mol. The van der Waals surface area contributed by atoms with Crippen molar-refractivity contribution in [2.24, 2.45) is 0 Å². The Hall–Kier alpha value is -3.01. The molecule has 170 valence electrons. The summed E-state index contributed by atoms with van der Waals surface area (Å²) < 4.78 is 53.9. The predicted octanol–water partition coefficient (Wildman–Crippen LogP) is 4.54. The minimum atomic E-state index is -4.79. The van der Waals surface area contributed by atoms with Crippen LogP contribution in [0.4, 0.5) is 29.1 Å². The van der Waals surface area contributed by atoms with E-state index in [0.717, 1.165) is 11.4 Å². The van der Waals surface area contributed by atoms with E-state index in [1.807, 2.05) is 17.9 Å². The van der Waals surface area contributed by atoms with E-state index < -0.39 is 29.2 Å². The summed E-state index contributed by atoms with van der Waals surface area (Å²) in [6.07, 6.45) is -4.79. The van der Waals surface area contributed by atoms with Gasteiger partial charge < -0.3 is 15.3 Å². The fraction of sp³-hybridized carbons (Fsp3) is 0.409. The second-order valence-corrected chi connectivity index (χ2v) is 8.55. The van der Waals surface area contributed by atoms with Gasteiger partial charge in [0.05, 0.1) is 39.8 Å². The number of fused-ring (bicyclic) bond motifs is 1. The lowest BCUT2D eigenvalue weighted by molar-refractivity contribution is -0.140. The molecule has 4 rings (SSSR count). The Labute approximate surface area is 182 Å². The first-order chi connectivity index (χ1) is 14.9. The van der Waals surface area contributed by atoms with E-state index in [1.165, 1.54) is 12.1 Å².